The SMILES string of the molecule is CCC(C)(C)C1CCC(NC(=O)C2CCN(C(=O)C(C)(C)C)CC2)CC1. The molecular weight excluding hydrogens is 324 g/mol. The summed E-state index contributed by atoms with van der Waals surface area (Å²) in [5.41, 5.74) is 0.0847. The molecule has 150 valence electrons. The molecule has 0 atom stereocenters. The molecule has 0 aromatic heterocycles. The third-order valence-corrected chi connectivity index (χ3v) is 6.88. The summed E-state index contributed by atoms with van der Waals surface area (Å²) >= 11 is 0. The van der Waals surface area contributed by atoms with Crippen molar-refractivity contribution in [1.29, 1.82) is 0 Å². The minimum atomic E-state index is -0.333. The lowest BCUT2D eigenvalue weighted by Gasteiger charge is -2.40. The van der Waals surface area contributed by atoms with Gasteiger partial charge in [0.2, 0.25) is 11.8 Å². The highest BCUT2D eigenvalue weighted by Gasteiger charge is 2.35. The van der Waals surface area contributed by atoms with Gasteiger partial charge in [0.05, 0.1) is 0 Å². The van der Waals surface area contributed by atoms with E-state index >= 15 is 0 Å². The second-order valence-electron chi connectivity index (χ2n) is 10.2. The summed E-state index contributed by atoms with van der Waals surface area (Å²) in [7, 11) is 0. The average Bonchev–Trinajstić information content (AvgIpc) is 2.61. The zero-order chi connectivity index (χ0) is 19.5. The molecule has 0 radical (unpaired) electrons. The van der Waals surface area contributed by atoms with Gasteiger partial charge in [-0.15, -0.1) is 0 Å². The molecule has 0 spiro atoms. The van der Waals surface area contributed by atoms with Gasteiger partial charge < -0.3 is 10.2 Å². The number of hydrogen-bond donors (Lipinski definition) is 1. The molecule has 0 aromatic carbocycles. The quantitative estimate of drug-likeness (QED) is 0.804. The first-order valence-electron chi connectivity index (χ1n) is 10.6. The first kappa shape index (κ1) is 21.2. The molecule has 2 fully saturated rings. The molecule has 2 amide bonds. The van der Waals surface area contributed by atoms with E-state index in [1.807, 2.05) is 25.7 Å². The van der Waals surface area contributed by atoms with Crippen LogP contribution in [0.15, 0.2) is 0 Å². The highest BCUT2D eigenvalue weighted by Crippen LogP contribution is 2.40. The van der Waals surface area contributed by atoms with Gasteiger partial charge in [-0.05, 0) is 49.9 Å². The van der Waals surface area contributed by atoms with E-state index in [9.17, 15) is 9.59 Å². The van der Waals surface area contributed by atoms with E-state index in [1.54, 1.807) is 0 Å². The summed E-state index contributed by atoms with van der Waals surface area (Å²) in [6, 6.07) is 0.348. The maximum Gasteiger partial charge on any atom is 0.227 e. The number of nitrogens with zero attached hydrogens (tertiary/aromatic N) is 1. The first-order valence-corrected chi connectivity index (χ1v) is 10.6. The molecule has 2 rings (SSSR count). The van der Waals surface area contributed by atoms with Gasteiger partial charge in [0.1, 0.15) is 0 Å². The van der Waals surface area contributed by atoms with Crippen LogP contribution in [0.1, 0.15) is 86.5 Å². The first-order chi connectivity index (χ1) is 12.0. The summed E-state index contributed by atoms with van der Waals surface area (Å²) in [5, 5.41) is 3.31. The molecule has 0 unspecified atom stereocenters. The van der Waals surface area contributed by atoms with Gasteiger partial charge >= 0.3 is 0 Å². The zero-order valence-corrected chi connectivity index (χ0v) is 17.9. The number of carbonyl (C=O) groups excluding carboxylic acids is 2. The number of rotatable bonds is 4. The Balaban J connectivity index is 1.76. The van der Waals surface area contributed by atoms with Crippen molar-refractivity contribution in [3.8, 4) is 0 Å². The summed E-state index contributed by atoms with van der Waals surface area (Å²) in [4.78, 5) is 27.0. The number of carbonyl (C=O) groups is 2. The predicted octanol–water partition coefficient (Wildman–Crippen LogP) is 4.38. The molecule has 1 aliphatic carbocycles. The Morgan fingerprint density at radius 1 is 0.923 bits per heavy atom. The number of likely N-dealkylation sites (tertiary alicyclic amines) is 1. The van der Waals surface area contributed by atoms with E-state index < -0.39 is 0 Å². The Labute approximate surface area is 160 Å². The number of piperidine rings is 1. The normalized spacial score (nSPS) is 25.8. The van der Waals surface area contributed by atoms with E-state index in [0.29, 0.717) is 24.5 Å². The van der Waals surface area contributed by atoms with Crippen LogP contribution >= 0.6 is 0 Å². The summed E-state index contributed by atoms with van der Waals surface area (Å²) in [6.45, 7) is 14.4. The van der Waals surface area contributed by atoms with Crippen LogP contribution in [0.3, 0.4) is 0 Å². The van der Waals surface area contributed by atoms with E-state index in [-0.39, 0.29) is 23.1 Å². The Morgan fingerprint density at radius 2 is 1.46 bits per heavy atom. The van der Waals surface area contributed by atoms with E-state index in [4.69, 9.17) is 0 Å². The highest BCUT2D eigenvalue weighted by molar-refractivity contribution is 5.82. The van der Waals surface area contributed by atoms with Crippen LogP contribution < -0.4 is 5.32 Å². The Hall–Kier alpha value is -1.06. The van der Waals surface area contributed by atoms with Gasteiger partial charge in [0.15, 0.2) is 0 Å². The van der Waals surface area contributed by atoms with Gasteiger partial charge in [0, 0.05) is 30.5 Å². The molecule has 4 nitrogen and oxygen atoms in total. The summed E-state index contributed by atoms with van der Waals surface area (Å²) in [6.07, 6.45) is 7.50. The third-order valence-electron chi connectivity index (χ3n) is 6.88. The van der Waals surface area contributed by atoms with Crippen molar-refractivity contribution >= 4 is 11.8 Å². The Bertz CT molecular complexity index is 491. The van der Waals surface area contributed by atoms with Crippen molar-refractivity contribution in [1.82, 2.24) is 10.2 Å². The van der Waals surface area contributed by atoms with Gasteiger partial charge in [-0.25, -0.2) is 0 Å². The second-order valence-corrected chi connectivity index (χ2v) is 10.2. The van der Waals surface area contributed by atoms with Crippen molar-refractivity contribution in [3.05, 3.63) is 0 Å². The fourth-order valence-electron chi connectivity index (χ4n) is 4.45. The Kier molecular flexibility index (Phi) is 6.79. The molecule has 26 heavy (non-hydrogen) atoms. The van der Waals surface area contributed by atoms with Gasteiger partial charge in [-0.1, -0.05) is 48.0 Å². The monoisotopic (exact) mass is 364 g/mol. The van der Waals surface area contributed by atoms with E-state index in [2.05, 4.69) is 26.1 Å². The topological polar surface area (TPSA) is 49.4 Å². The highest BCUT2D eigenvalue weighted by atomic mass is 16.2. The molecule has 1 saturated carbocycles. The minimum Gasteiger partial charge on any atom is -0.353 e. The van der Waals surface area contributed by atoms with Crippen LogP contribution in [0.25, 0.3) is 0 Å². The van der Waals surface area contributed by atoms with Crippen LogP contribution in [0, 0.1) is 22.7 Å². The maximum atomic E-state index is 12.7. The lowest BCUT2D eigenvalue weighted by molar-refractivity contribution is -0.142. The lowest BCUT2D eigenvalue weighted by atomic mass is 9.69. The summed E-state index contributed by atoms with van der Waals surface area (Å²) < 4.78 is 0. The molecule has 1 saturated heterocycles. The molecule has 1 heterocycles. The van der Waals surface area contributed by atoms with Crippen LogP contribution in [-0.2, 0) is 9.59 Å². The molecule has 0 aromatic rings. The summed E-state index contributed by atoms with van der Waals surface area (Å²) in [5.74, 6) is 1.27. The van der Waals surface area contributed by atoms with Gasteiger partial charge in [0.25, 0.3) is 0 Å². The van der Waals surface area contributed by atoms with Gasteiger partial charge in [-0.3, -0.25) is 9.59 Å². The fraction of sp³-hybridized carbons (Fsp3) is 0.909. The van der Waals surface area contributed by atoms with Crippen molar-refractivity contribution in [3.63, 3.8) is 0 Å². The lowest BCUT2D eigenvalue weighted by Crippen LogP contribution is -2.48. The van der Waals surface area contributed by atoms with Crippen molar-refractivity contribution in [2.75, 3.05) is 13.1 Å². The van der Waals surface area contributed by atoms with Crippen molar-refractivity contribution < 1.29 is 9.59 Å². The minimum absolute atomic E-state index is 0.0730. The van der Waals surface area contributed by atoms with Crippen molar-refractivity contribution in [2.24, 2.45) is 22.7 Å². The molecule has 0 bridgehead atoms. The maximum absolute atomic E-state index is 12.7. The number of amides is 2. The van der Waals surface area contributed by atoms with E-state index in [0.717, 1.165) is 31.6 Å². The average molecular weight is 365 g/mol. The third kappa shape index (κ3) is 5.23. The Morgan fingerprint density at radius 3 is 1.92 bits per heavy atom. The van der Waals surface area contributed by atoms with Crippen LogP contribution in [0.2, 0.25) is 0 Å². The molecule has 1 N–H and O–H groups in total. The smallest absolute Gasteiger partial charge is 0.227 e. The fourth-order valence-corrected chi connectivity index (χ4v) is 4.45. The molecule has 1 aliphatic heterocycles. The van der Waals surface area contributed by atoms with Gasteiger partial charge in [-0.2, -0.15) is 0 Å². The van der Waals surface area contributed by atoms with Crippen LogP contribution in [0.4, 0.5) is 0 Å². The molecule has 4 heteroatoms. The largest absolute Gasteiger partial charge is 0.353 e. The number of nitrogens with one attached hydrogen (secondary N) is 1. The molecule has 2 aliphatic rings. The van der Waals surface area contributed by atoms with Crippen LogP contribution in [-0.4, -0.2) is 35.8 Å². The van der Waals surface area contributed by atoms with Crippen LogP contribution in [0.5, 0.6) is 0 Å². The van der Waals surface area contributed by atoms with Crippen molar-refractivity contribution in [2.45, 2.75) is 92.5 Å². The zero-order valence-electron chi connectivity index (χ0n) is 17.9. The number of hydrogen-bond acceptors (Lipinski definition) is 2. The molecular formula is C22H40N2O2. The predicted molar refractivity (Wildman–Crippen MR) is 107 cm³/mol. The standard InChI is InChI=1S/C22H40N2O2/c1-7-22(5,6)17-8-10-18(11-9-17)23-19(25)16-12-14-24(15-13-16)20(26)21(2,3)4/h16-18H,7-15H2,1-6H3,(H,23,25). The van der Waals surface area contributed by atoms with E-state index in [1.165, 1.54) is 19.3 Å². The second kappa shape index (κ2) is 8.31.